The van der Waals surface area contributed by atoms with E-state index in [9.17, 15) is 0 Å². The molecule has 4 radical (unpaired) electrons. The molecular formula is C12H14B2N2. The Labute approximate surface area is 98.6 Å². The molecule has 4 heteroatoms. The van der Waals surface area contributed by atoms with Crippen molar-refractivity contribution in [2.24, 2.45) is 0 Å². The smallest absolute Gasteiger partial charge is 0.0825 e. The van der Waals surface area contributed by atoms with E-state index in [0.717, 1.165) is 11.1 Å². The normalized spacial score (nSPS) is 12.1. The van der Waals surface area contributed by atoms with Crippen molar-refractivity contribution in [1.29, 1.82) is 0 Å². The molecule has 2 aromatic rings. The molecule has 0 saturated carbocycles. The van der Waals surface area contributed by atoms with Gasteiger partial charge in [-0.25, -0.2) is 0 Å². The van der Waals surface area contributed by atoms with Crippen LogP contribution in [-0.2, 0) is 6.42 Å². The number of aromatic nitrogens is 1. The number of fused-ring (bicyclic) bond motifs is 1. The van der Waals surface area contributed by atoms with E-state index in [-0.39, 0.29) is 0 Å². The molecule has 0 saturated heterocycles. The van der Waals surface area contributed by atoms with Crippen molar-refractivity contribution in [3.05, 3.63) is 35.5 Å². The molecule has 0 aliphatic heterocycles. The van der Waals surface area contributed by atoms with E-state index < -0.39 is 5.34 Å². The highest BCUT2D eigenvalue weighted by Crippen LogP contribution is 2.21. The Morgan fingerprint density at radius 2 is 2.12 bits per heavy atom. The van der Waals surface area contributed by atoms with E-state index in [1.165, 1.54) is 10.9 Å². The molecular weight excluding hydrogens is 194 g/mol. The van der Waals surface area contributed by atoms with Gasteiger partial charge in [0, 0.05) is 17.1 Å². The zero-order valence-electron chi connectivity index (χ0n) is 9.67. The number of likely N-dealkylation sites (N-methyl/N-ethyl adjacent to an activating group) is 1. The van der Waals surface area contributed by atoms with Gasteiger partial charge in [0.2, 0.25) is 0 Å². The summed E-state index contributed by atoms with van der Waals surface area (Å²) in [5, 5.41) is 3.23. The Morgan fingerprint density at radius 1 is 1.38 bits per heavy atom. The molecule has 2 nitrogen and oxygen atoms in total. The summed E-state index contributed by atoms with van der Waals surface area (Å²) in [4.78, 5) is 3.22. The molecule has 2 rings (SSSR count). The number of benzene rings is 1. The fourth-order valence-corrected chi connectivity index (χ4v) is 1.84. The van der Waals surface area contributed by atoms with Crippen LogP contribution in [-0.4, -0.2) is 33.1 Å². The molecule has 0 spiro atoms. The summed E-state index contributed by atoms with van der Waals surface area (Å²) >= 11 is 0. The lowest BCUT2D eigenvalue weighted by atomic mass is 9.59. The van der Waals surface area contributed by atoms with Crippen LogP contribution in [0.2, 0.25) is 0 Å². The Balaban J connectivity index is 2.41. The molecule has 0 aliphatic rings. The standard InChI is InChI=1S/C12H14B2N2/c1-8-3-4-11-10(5-8)9(7-16-11)6-12(13,14)15-2/h3-5,7,15-16H,6H2,1-2H3. The third-order valence-corrected chi connectivity index (χ3v) is 2.87. The first-order valence-electron chi connectivity index (χ1n) is 5.35. The number of nitrogens with one attached hydrogen (secondary N) is 2. The number of H-pyrrole nitrogens is 1. The summed E-state index contributed by atoms with van der Waals surface area (Å²) in [5.41, 5.74) is 3.49. The third kappa shape index (κ3) is 2.17. The minimum absolute atomic E-state index is 0.590. The van der Waals surface area contributed by atoms with Gasteiger partial charge in [0.05, 0.1) is 15.7 Å². The molecule has 1 heterocycles. The van der Waals surface area contributed by atoms with Gasteiger partial charge in [-0.15, -0.1) is 0 Å². The number of hydrogen-bond acceptors (Lipinski definition) is 1. The second-order valence-electron chi connectivity index (χ2n) is 4.33. The third-order valence-electron chi connectivity index (χ3n) is 2.87. The van der Waals surface area contributed by atoms with Gasteiger partial charge in [-0.2, -0.15) is 0 Å². The largest absolute Gasteiger partial charge is 0.361 e. The molecule has 0 bridgehead atoms. The van der Waals surface area contributed by atoms with Gasteiger partial charge in [0.15, 0.2) is 0 Å². The first kappa shape index (κ1) is 11.3. The summed E-state index contributed by atoms with van der Waals surface area (Å²) in [6.07, 6.45) is 2.56. The molecule has 2 N–H and O–H groups in total. The van der Waals surface area contributed by atoms with Gasteiger partial charge in [-0.3, -0.25) is 0 Å². The zero-order chi connectivity index (χ0) is 11.8. The summed E-state index contributed by atoms with van der Waals surface area (Å²) < 4.78 is 0. The number of aryl methyl sites for hydroxylation is 1. The zero-order valence-corrected chi connectivity index (χ0v) is 9.67. The highest BCUT2D eigenvalue weighted by molar-refractivity contribution is 6.40. The fraction of sp³-hybridized carbons (Fsp3) is 0.333. The van der Waals surface area contributed by atoms with E-state index in [2.05, 4.69) is 35.4 Å². The van der Waals surface area contributed by atoms with Crippen LogP contribution in [0.4, 0.5) is 0 Å². The topological polar surface area (TPSA) is 27.8 Å². The Kier molecular flexibility index (Phi) is 2.85. The molecule has 78 valence electrons. The van der Waals surface area contributed by atoms with Crippen LogP contribution in [0.25, 0.3) is 10.9 Å². The summed E-state index contributed by atoms with van der Waals surface area (Å²) in [7, 11) is 13.5. The van der Waals surface area contributed by atoms with Crippen LogP contribution < -0.4 is 5.32 Å². The Morgan fingerprint density at radius 3 is 2.81 bits per heavy atom. The summed E-state index contributed by atoms with van der Waals surface area (Å²) in [5.74, 6) is 0. The van der Waals surface area contributed by atoms with Crippen LogP contribution in [0, 0.1) is 6.92 Å². The first-order valence-corrected chi connectivity index (χ1v) is 5.35. The van der Waals surface area contributed by atoms with Gasteiger partial charge in [0.25, 0.3) is 0 Å². The fourth-order valence-electron chi connectivity index (χ4n) is 1.84. The minimum atomic E-state index is -0.862. The number of aromatic amines is 1. The van der Waals surface area contributed by atoms with Gasteiger partial charge < -0.3 is 10.3 Å². The van der Waals surface area contributed by atoms with E-state index in [1.54, 1.807) is 7.05 Å². The van der Waals surface area contributed by atoms with Gasteiger partial charge >= 0.3 is 0 Å². The second kappa shape index (κ2) is 4.02. The summed E-state index contributed by atoms with van der Waals surface area (Å²) in [6, 6.07) is 6.30. The molecule has 0 amide bonds. The molecule has 1 aromatic carbocycles. The lowest BCUT2D eigenvalue weighted by Crippen LogP contribution is -2.46. The molecule has 0 fully saturated rings. The quantitative estimate of drug-likeness (QED) is 0.729. The van der Waals surface area contributed by atoms with Crippen molar-refractivity contribution < 1.29 is 0 Å². The van der Waals surface area contributed by atoms with E-state index in [0.29, 0.717) is 6.42 Å². The van der Waals surface area contributed by atoms with Gasteiger partial charge in [-0.05, 0) is 38.1 Å². The predicted molar refractivity (Wildman–Crippen MR) is 70.0 cm³/mol. The van der Waals surface area contributed by atoms with E-state index >= 15 is 0 Å². The predicted octanol–water partition coefficient (Wildman–Crippen LogP) is 1.23. The second-order valence-corrected chi connectivity index (χ2v) is 4.33. The maximum Gasteiger partial charge on any atom is 0.0825 e. The highest BCUT2D eigenvalue weighted by Gasteiger charge is 2.16. The monoisotopic (exact) mass is 208 g/mol. The minimum Gasteiger partial charge on any atom is -0.361 e. The number of hydrogen-bond donors (Lipinski definition) is 2. The Bertz CT molecular complexity index is 503. The molecule has 16 heavy (non-hydrogen) atoms. The Hall–Kier alpha value is -1.15. The SMILES string of the molecule is [B]C([B])(Cc1c[nH]c2ccc(C)cc12)NC. The van der Waals surface area contributed by atoms with Gasteiger partial charge in [-0.1, -0.05) is 17.0 Å². The molecule has 1 aromatic heterocycles. The van der Waals surface area contributed by atoms with Crippen molar-refractivity contribution in [3.63, 3.8) is 0 Å². The lowest BCUT2D eigenvalue weighted by molar-refractivity contribution is 0.661. The van der Waals surface area contributed by atoms with E-state index in [4.69, 9.17) is 15.7 Å². The maximum absolute atomic E-state index is 5.89. The van der Waals surface area contributed by atoms with Crippen molar-refractivity contribution >= 4 is 26.6 Å². The van der Waals surface area contributed by atoms with Crippen LogP contribution in [0.1, 0.15) is 11.1 Å². The van der Waals surface area contributed by atoms with Crippen LogP contribution >= 0.6 is 0 Å². The van der Waals surface area contributed by atoms with Crippen LogP contribution in [0.3, 0.4) is 0 Å². The molecule has 0 unspecified atom stereocenters. The van der Waals surface area contributed by atoms with Crippen molar-refractivity contribution in [2.45, 2.75) is 18.7 Å². The maximum atomic E-state index is 5.89. The van der Waals surface area contributed by atoms with Crippen molar-refractivity contribution in [1.82, 2.24) is 10.3 Å². The lowest BCUT2D eigenvalue weighted by Gasteiger charge is -2.24. The molecule has 0 atom stereocenters. The van der Waals surface area contributed by atoms with Gasteiger partial charge in [0.1, 0.15) is 0 Å². The molecule has 0 aliphatic carbocycles. The average Bonchev–Trinajstić information content (AvgIpc) is 2.61. The van der Waals surface area contributed by atoms with Crippen molar-refractivity contribution in [2.75, 3.05) is 7.05 Å². The van der Waals surface area contributed by atoms with E-state index in [1.807, 2.05) is 6.20 Å². The highest BCUT2D eigenvalue weighted by atomic mass is 14.9. The van der Waals surface area contributed by atoms with Crippen molar-refractivity contribution in [3.8, 4) is 0 Å². The van der Waals surface area contributed by atoms with Crippen LogP contribution in [0.15, 0.2) is 24.4 Å². The average molecular weight is 208 g/mol. The summed E-state index contributed by atoms with van der Waals surface area (Å²) in [6.45, 7) is 2.08. The van der Waals surface area contributed by atoms with Crippen LogP contribution in [0.5, 0.6) is 0 Å². The first-order chi connectivity index (χ1) is 7.52. The number of rotatable bonds is 3.